The third-order valence-corrected chi connectivity index (χ3v) is 6.18. The monoisotopic (exact) mass is 573 g/mol. The first-order chi connectivity index (χ1) is 20.3. The zero-order valence-corrected chi connectivity index (χ0v) is 23.8. The normalized spacial score (nSPS) is 12.1. The molecule has 2 aromatic rings. The van der Waals surface area contributed by atoms with Crippen LogP contribution in [0.25, 0.3) is 11.1 Å². The number of benzene rings is 2. The summed E-state index contributed by atoms with van der Waals surface area (Å²) < 4.78 is 43.1. The fourth-order valence-electron chi connectivity index (χ4n) is 4.27. The number of alkyl carbamates (subject to hydrolysis) is 1. The van der Waals surface area contributed by atoms with Crippen molar-refractivity contribution in [3.8, 4) is 11.1 Å². The van der Waals surface area contributed by atoms with Crippen molar-refractivity contribution in [2.45, 2.75) is 5.92 Å². The molecule has 41 heavy (non-hydrogen) atoms. The van der Waals surface area contributed by atoms with Crippen LogP contribution in [-0.4, -0.2) is 105 Å². The molecular formula is C31H43NO9. The summed E-state index contributed by atoms with van der Waals surface area (Å²) >= 11 is 0. The zero-order chi connectivity index (χ0) is 28.8. The summed E-state index contributed by atoms with van der Waals surface area (Å²) in [6.45, 7) is 10.4. The predicted molar refractivity (Wildman–Crippen MR) is 154 cm³/mol. The Morgan fingerprint density at radius 1 is 0.634 bits per heavy atom. The summed E-state index contributed by atoms with van der Waals surface area (Å²) in [7, 11) is 0. The fourth-order valence-corrected chi connectivity index (χ4v) is 4.27. The zero-order valence-electron chi connectivity index (χ0n) is 23.8. The quantitative estimate of drug-likeness (QED) is 0.148. The van der Waals surface area contributed by atoms with Crippen LogP contribution in [0.4, 0.5) is 4.79 Å². The molecule has 0 unspecified atom stereocenters. The number of amides is 1. The van der Waals surface area contributed by atoms with Gasteiger partial charge in [-0.25, -0.2) is 4.79 Å². The van der Waals surface area contributed by atoms with E-state index in [0.717, 1.165) is 0 Å². The van der Waals surface area contributed by atoms with Gasteiger partial charge in [-0.15, -0.1) is 0 Å². The lowest BCUT2D eigenvalue weighted by Crippen LogP contribution is -2.29. The molecule has 1 N–H and O–H groups in total. The SMILES string of the molecule is C=COCCOCCOCCOCCOCCOCCOCCNC(=O)OCC1c2ccccc2-c2ccccc21. The molecule has 0 saturated heterocycles. The summed E-state index contributed by atoms with van der Waals surface area (Å²) in [6, 6.07) is 16.5. The van der Waals surface area contributed by atoms with E-state index >= 15 is 0 Å². The Morgan fingerprint density at radius 2 is 1.05 bits per heavy atom. The van der Waals surface area contributed by atoms with Crippen LogP contribution in [0.15, 0.2) is 61.4 Å². The number of nitrogens with one attached hydrogen (secondary N) is 1. The van der Waals surface area contributed by atoms with Crippen molar-refractivity contribution in [1.82, 2.24) is 5.32 Å². The Labute approximate surface area is 242 Å². The molecule has 1 amide bonds. The van der Waals surface area contributed by atoms with Crippen molar-refractivity contribution in [3.05, 3.63) is 72.5 Å². The molecule has 0 atom stereocenters. The van der Waals surface area contributed by atoms with Crippen LogP contribution >= 0.6 is 0 Å². The van der Waals surface area contributed by atoms with Gasteiger partial charge in [0.2, 0.25) is 0 Å². The minimum Gasteiger partial charge on any atom is -0.499 e. The van der Waals surface area contributed by atoms with Gasteiger partial charge >= 0.3 is 6.09 Å². The molecule has 226 valence electrons. The highest BCUT2D eigenvalue weighted by molar-refractivity contribution is 5.79. The van der Waals surface area contributed by atoms with Crippen LogP contribution in [0.2, 0.25) is 0 Å². The number of carbonyl (C=O) groups excluding carboxylic acids is 1. The first-order valence-electron chi connectivity index (χ1n) is 14.1. The average Bonchev–Trinajstić information content (AvgIpc) is 3.32. The van der Waals surface area contributed by atoms with Crippen molar-refractivity contribution in [3.63, 3.8) is 0 Å². The summed E-state index contributed by atoms with van der Waals surface area (Å²) in [4.78, 5) is 12.2. The molecule has 3 rings (SSSR count). The molecule has 0 spiro atoms. The molecule has 0 saturated carbocycles. The number of rotatable bonds is 24. The highest BCUT2D eigenvalue weighted by Crippen LogP contribution is 2.44. The number of ether oxygens (including phenoxy) is 8. The van der Waals surface area contributed by atoms with Gasteiger partial charge in [0.05, 0.1) is 85.5 Å². The molecule has 0 fully saturated rings. The second-order valence-electron chi connectivity index (χ2n) is 8.96. The molecule has 10 nitrogen and oxygen atoms in total. The standard InChI is InChI=1S/C31H43NO9/c1-2-34-13-14-36-17-18-38-21-22-40-24-23-39-20-19-37-16-15-35-12-11-32-31(33)41-25-30-28-9-5-3-7-26(28)27-8-4-6-10-29(27)30/h2-10,30H,1,11-25H2,(H,32,33). The Kier molecular flexibility index (Phi) is 16.5. The molecule has 0 aliphatic heterocycles. The van der Waals surface area contributed by atoms with E-state index in [9.17, 15) is 4.79 Å². The molecule has 0 radical (unpaired) electrons. The summed E-state index contributed by atoms with van der Waals surface area (Å²) in [5.41, 5.74) is 4.79. The number of hydrogen-bond acceptors (Lipinski definition) is 9. The Hall–Kier alpha value is -2.99. The highest BCUT2D eigenvalue weighted by Gasteiger charge is 2.28. The van der Waals surface area contributed by atoms with Gasteiger partial charge in [-0.3, -0.25) is 0 Å². The van der Waals surface area contributed by atoms with Gasteiger partial charge in [-0.2, -0.15) is 0 Å². The van der Waals surface area contributed by atoms with Crippen LogP contribution in [0.1, 0.15) is 17.0 Å². The molecule has 0 heterocycles. The van der Waals surface area contributed by atoms with Crippen LogP contribution < -0.4 is 5.32 Å². The lowest BCUT2D eigenvalue weighted by Gasteiger charge is -2.14. The summed E-state index contributed by atoms with van der Waals surface area (Å²) in [5, 5.41) is 2.74. The van der Waals surface area contributed by atoms with Gasteiger partial charge in [0, 0.05) is 12.5 Å². The van der Waals surface area contributed by atoms with E-state index in [2.05, 4.69) is 36.2 Å². The molecule has 1 aliphatic rings. The smallest absolute Gasteiger partial charge is 0.407 e. The lowest BCUT2D eigenvalue weighted by molar-refractivity contribution is -0.0182. The molecule has 0 bridgehead atoms. The van der Waals surface area contributed by atoms with E-state index in [1.165, 1.54) is 28.5 Å². The van der Waals surface area contributed by atoms with E-state index in [4.69, 9.17) is 37.9 Å². The van der Waals surface area contributed by atoms with Gasteiger partial charge in [0.25, 0.3) is 0 Å². The predicted octanol–water partition coefficient (Wildman–Crippen LogP) is 3.78. The van der Waals surface area contributed by atoms with E-state index in [-0.39, 0.29) is 5.92 Å². The van der Waals surface area contributed by atoms with Gasteiger partial charge in [0.15, 0.2) is 0 Å². The molecular weight excluding hydrogens is 530 g/mol. The lowest BCUT2D eigenvalue weighted by atomic mass is 9.98. The van der Waals surface area contributed by atoms with E-state index in [1.807, 2.05) is 24.3 Å². The number of carbonyl (C=O) groups is 1. The first kappa shape index (κ1) is 32.5. The largest absolute Gasteiger partial charge is 0.499 e. The maximum atomic E-state index is 12.2. The third kappa shape index (κ3) is 12.6. The van der Waals surface area contributed by atoms with Crippen molar-refractivity contribution < 1.29 is 42.7 Å². The molecule has 0 aromatic heterocycles. The van der Waals surface area contributed by atoms with Crippen LogP contribution in [0, 0.1) is 0 Å². The number of fused-ring (bicyclic) bond motifs is 3. The summed E-state index contributed by atoms with van der Waals surface area (Å²) in [6.07, 6.45) is 0.945. The third-order valence-electron chi connectivity index (χ3n) is 6.18. The second kappa shape index (κ2) is 20.8. The average molecular weight is 574 g/mol. The van der Waals surface area contributed by atoms with Gasteiger partial charge in [-0.1, -0.05) is 55.1 Å². The van der Waals surface area contributed by atoms with Crippen LogP contribution in [0.5, 0.6) is 0 Å². The van der Waals surface area contributed by atoms with Crippen molar-refractivity contribution >= 4 is 6.09 Å². The Bertz CT molecular complexity index is 958. The summed E-state index contributed by atoms with van der Waals surface area (Å²) in [5.74, 6) is 0.0443. The van der Waals surface area contributed by atoms with Crippen molar-refractivity contribution in [2.75, 3.05) is 99.0 Å². The van der Waals surface area contributed by atoms with Gasteiger partial charge in [0.1, 0.15) is 13.2 Å². The van der Waals surface area contributed by atoms with Gasteiger partial charge < -0.3 is 43.2 Å². The highest BCUT2D eigenvalue weighted by atomic mass is 16.6. The Balaban J connectivity index is 1.06. The van der Waals surface area contributed by atoms with E-state index in [0.29, 0.717) is 99.0 Å². The second-order valence-corrected chi connectivity index (χ2v) is 8.96. The Morgan fingerprint density at radius 3 is 1.51 bits per heavy atom. The first-order valence-corrected chi connectivity index (χ1v) is 14.1. The molecule has 10 heteroatoms. The number of hydrogen-bond donors (Lipinski definition) is 1. The maximum absolute atomic E-state index is 12.2. The van der Waals surface area contributed by atoms with E-state index in [1.54, 1.807) is 0 Å². The van der Waals surface area contributed by atoms with Crippen molar-refractivity contribution in [1.29, 1.82) is 0 Å². The van der Waals surface area contributed by atoms with Gasteiger partial charge in [-0.05, 0) is 22.3 Å². The topological polar surface area (TPSA) is 103 Å². The van der Waals surface area contributed by atoms with Crippen LogP contribution in [-0.2, 0) is 37.9 Å². The van der Waals surface area contributed by atoms with E-state index < -0.39 is 6.09 Å². The maximum Gasteiger partial charge on any atom is 0.407 e. The minimum absolute atomic E-state index is 0.0443. The minimum atomic E-state index is -0.448. The molecule has 1 aliphatic carbocycles. The molecule has 2 aromatic carbocycles. The fraction of sp³-hybridized carbons (Fsp3) is 0.516. The van der Waals surface area contributed by atoms with Crippen LogP contribution in [0.3, 0.4) is 0 Å². The van der Waals surface area contributed by atoms with Crippen molar-refractivity contribution in [2.24, 2.45) is 0 Å².